The summed E-state index contributed by atoms with van der Waals surface area (Å²) in [6.45, 7) is 2.25. The van der Waals surface area contributed by atoms with E-state index in [9.17, 15) is 0 Å². The summed E-state index contributed by atoms with van der Waals surface area (Å²) >= 11 is 0. The van der Waals surface area contributed by atoms with Crippen molar-refractivity contribution in [1.82, 2.24) is 0 Å². The van der Waals surface area contributed by atoms with Crippen LogP contribution >= 0.6 is 0 Å². The van der Waals surface area contributed by atoms with Gasteiger partial charge in [0.2, 0.25) is 0 Å². The summed E-state index contributed by atoms with van der Waals surface area (Å²) in [6, 6.07) is 20.2. The van der Waals surface area contributed by atoms with E-state index in [0.717, 1.165) is 6.42 Å². The van der Waals surface area contributed by atoms with Gasteiger partial charge in [0.1, 0.15) is 0 Å². The molecule has 0 nitrogen and oxygen atoms in total. The summed E-state index contributed by atoms with van der Waals surface area (Å²) in [4.78, 5) is 0. The molecule has 0 radical (unpaired) electrons. The third-order valence-electron chi connectivity index (χ3n) is 4.14. The van der Waals surface area contributed by atoms with Gasteiger partial charge in [0, 0.05) is 0 Å². The second-order valence-electron chi connectivity index (χ2n) is 5.33. The molecule has 0 atom stereocenters. The van der Waals surface area contributed by atoms with Gasteiger partial charge in [0.25, 0.3) is 0 Å². The molecule has 4 rings (SSSR count). The normalized spacial score (nSPS) is 11.8. The van der Waals surface area contributed by atoms with Crippen molar-refractivity contribution in [2.24, 2.45) is 0 Å². The van der Waals surface area contributed by atoms with Crippen LogP contribution in [-0.4, -0.2) is 0 Å². The fourth-order valence-corrected chi connectivity index (χ4v) is 3.28. The van der Waals surface area contributed by atoms with E-state index < -0.39 is 0 Å². The predicted molar refractivity (Wildman–Crippen MR) is 84.1 cm³/mol. The summed E-state index contributed by atoms with van der Waals surface area (Å²) in [7, 11) is 0. The van der Waals surface area contributed by atoms with E-state index in [4.69, 9.17) is 0 Å². The summed E-state index contributed by atoms with van der Waals surface area (Å²) in [6.07, 6.45) is 2.36. The Balaban J connectivity index is 2.28. The van der Waals surface area contributed by atoms with Crippen LogP contribution in [0.5, 0.6) is 0 Å². The Morgan fingerprint density at radius 2 is 1.32 bits per heavy atom. The van der Waals surface area contributed by atoms with E-state index in [1.54, 1.807) is 0 Å². The van der Waals surface area contributed by atoms with Crippen LogP contribution in [0.15, 0.2) is 54.6 Å². The third kappa shape index (κ3) is 1.46. The van der Waals surface area contributed by atoms with E-state index >= 15 is 0 Å². The second-order valence-corrected chi connectivity index (χ2v) is 5.33. The first-order valence-electron chi connectivity index (χ1n) is 7.04. The van der Waals surface area contributed by atoms with Gasteiger partial charge in [-0.1, -0.05) is 67.9 Å². The number of rotatable bonds is 2. The highest BCUT2D eigenvalue weighted by Crippen LogP contribution is 2.36. The number of aryl methyl sites for hydroxylation is 1. The smallest absolute Gasteiger partial charge is 0.00240 e. The molecule has 0 aromatic heterocycles. The molecule has 0 spiro atoms. The van der Waals surface area contributed by atoms with Crippen LogP contribution < -0.4 is 0 Å². The molecule has 19 heavy (non-hydrogen) atoms. The zero-order chi connectivity index (χ0) is 12.8. The van der Waals surface area contributed by atoms with Gasteiger partial charge >= 0.3 is 0 Å². The highest BCUT2D eigenvalue weighted by molar-refractivity contribution is 6.23. The fourth-order valence-electron chi connectivity index (χ4n) is 3.28. The van der Waals surface area contributed by atoms with Gasteiger partial charge in [-0.15, -0.1) is 0 Å². The molecule has 0 bridgehead atoms. The summed E-state index contributed by atoms with van der Waals surface area (Å²) in [5.41, 5.74) is 1.48. The lowest BCUT2D eigenvalue weighted by atomic mass is 9.91. The van der Waals surface area contributed by atoms with Crippen LogP contribution in [0.3, 0.4) is 0 Å². The van der Waals surface area contributed by atoms with Crippen LogP contribution in [0.4, 0.5) is 0 Å². The van der Waals surface area contributed by atoms with Crippen molar-refractivity contribution >= 4 is 32.3 Å². The molecule has 4 aromatic carbocycles. The molecule has 0 aliphatic carbocycles. The molecule has 0 unspecified atom stereocenters. The molecule has 0 amide bonds. The van der Waals surface area contributed by atoms with Crippen LogP contribution in [0.1, 0.15) is 18.9 Å². The Morgan fingerprint density at radius 1 is 0.684 bits per heavy atom. The monoisotopic (exact) mass is 244 g/mol. The van der Waals surface area contributed by atoms with Crippen LogP contribution in [0.2, 0.25) is 0 Å². The lowest BCUT2D eigenvalue weighted by molar-refractivity contribution is 0.930. The van der Waals surface area contributed by atoms with E-state index in [1.807, 2.05) is 0 Å². The van der Waals surface area contributed by atoms with Crippen LogP contribution in [0.25, 0.3) is 32.3 Å². The highest BCUT2D eigenvalue weighted by Gasteiger charge is 2.09. The standard InChI is InChI=1S/C19H16/c1-2-4-13-7-8-16-10-9-14-5-3-6-15-11-12-17(13)19(16)18(14)15/h3,5-12H,2,4H2,1H3. The lowest BCUT2D eigenvalue weighted by Crippen LogP contribution is -1.89. The molecule has 0 saturated carbocycles. The Labute approximate surface area is 113 Å². The van der Waals surface area contributed by atoms with Crippen molar-refractivity contribution < 1.29 is 0 Å². The maximum atomic E-state index is 2.30. The van der Waals surface area contributed by atoms with Gasteiger partial charge in [-0.05, 0) is 44.3 Å². The first-order valence-corrected chi connectivity index (χ1v) is 7.04. The molecule has 4 aromatic rings. The molecule has 0 aliphatic rings. The van der Waals surface area contributed by atoms with E-state index in [-0.39, 0.29) is 0 Å². The van der Waals surface area contributed by atoms with Gasteiger partial charge in [-0.3, -0.25) is 0 Å². The topological polar surface area (TPSA) is 0 Å². The Hall–Kier alpha value is -2.08. The first-order chi connectivity index (χ1) is 9.38. The fraction of sp³-hybridized carbons (Fsp3) is 0.158. The van der Waals surface area contributed by atoms with E-state index in [0.29, 0.717) is 0 Å². The minimum atomic E-state index is 1.16. The Bertz CT molecular complexity index is 855. The SMILES string of the molecule is CCCc1ccc2ccc3cccc4ccc1c2c34. The van der Waals surface area contributed by atoms with Crippen molar-refractivity contribution in [3.63, 3.8) is 0 Å². The van der Waals surface area contributed by atoms with Gasteiger partial charge in [-0.2, -0.15) is 0 Å². The van der Waals surface area contributed by atoms with E-state index in [1.165, 1.54) is 44.3 Å². The number of benzene rings is 4. The quantitative estimate of drug-likeness (QED) is 0.406. The van der Waals surface area contributed by atoms with Crippen molar-refractivity contribution in [3.8, 4) is 0 Å². The minimum Gasteiger partial charge on any atom is -0.0651 e. The minimum absolute atomic E-state index is 1.16. The Kier molecular flexibility index (Phi) is 2.25. The van der Waals surface area contributed by atoms with Crippen LogP contribution in [0, 0.1) is 0 Å². The third-order valence-corrected chi connectivity index (χ3v) is 4.14. The average molecular weight is 244 g/mol. The highest BCUT2D eigenvalue weighted by atomic mass is 14.1. The maximum absolute atomic E-state index is 2.30. The maximum Gasteiger partial charge on any atom is -0.00240 e. The molecule has 0 N–H and O–H groups in total. The van der Waals surface area contributed by atoms with Crippen molar-refractivity contribution in [2.45, 2.75) is 19.8 Å². The molecule has 0 heteroatoms. The predicted octanol–water partition coefficient (Wildman–Crippen LogP) is 5.54. The van der Waals surface area contributed by atoms with E-state index in [2.05, 4.69) is 61.5 Å². The van der Waals surface area contributed by atoms with Gasteiger partial charge in [0.15, 0.2) is 0 Å². The van der Waals surface area contributed by atoms with Gasteiger partial charge in [0.05, 0.1) is 0 Å². The molecule has 0 fully saturated rings. The van der Waals surface area contributed by atoms with Crippen molar-refractivity contribution in [3.05, 3.63) is 60.2 Å². The largest absolute Gasteiger partial charge is 0.0651 e. The molecule has 92 valence electrons. The molecular formula is C19H16. The first kappa shape index (κ1) is 10.8. The number of hydrogen-bond donors (Lipinski definition) is 0. The molecular weight excluding hydrogens is 228 g/mol. The summed E-state index contributed by atoms with van der Waals surface area (Å²) < 4.78 is 0. The average Bonchev–Trinajstić information content (AvgIpc) is 2.46. The van der Waals surface area contributed by atoms with Crippen LogP contribution in [-0.2, 0) is 6.42 Å². The van der Waals surface area contributed by atoms with Gasteiger partial charge in [-0.25, -0.2) is 0 Å². The molecule has 0 aliphatic heterocycles. The Morgan fingerprint density at radius 3 is 2.05 bits per heavy atom. The second kappa shape index (κ2) is 3.96. The zero-order valence-corrected chi connectivity index (χ0v) is 11.1. The zero-order valence-electron chi connectivity index (χ0n) is 11.1. The van der Waals surface area contributed by atoms with Crippen molar-refractivity contribution in [1.29, 1.82) is 0 Å². The number of hydrogen-bond acceptors (Lipinski definition) is 0. The molecule has 0 saturated heterocycles. The lowest BCUT2D eigenvalue weighted by Gasteiger charge is -2.13. The molecule has 0 heterocycles. The van der Waals surface area contributed by atoms with Crippen molar-refractivity contribution in [2.75, 3.05) is 0 Å². The van der Waals surface area contributed by atoms with Gasteiger partial charge < -0.3 is 0 Å². The summed E-state index contributed by atoms with van der Waals surface area (Å²) in [5.74, 6) is 0. The summed E-state index contributed by atoms with van der Waals surface area (Å²) in [5, 5.41) is 8.37.